The first-order valence-corrected chi connectivity index (χ1v) is 7.97. The molecule has 0 aliphatic rings. The molecule has 1 heterocycles. The molecule has 0 spiro atoms. The van der Waals surface area contributed by atoms with Crippen LogP contribution in [0, 0.1) is 20.8 Å². The molecule has 1 aromatic carbocycles. The van der Waals surface area contributed by atoms with Gasteiger partial charge in [0, 0.05) is 18.4 Å². The quantitative estimate of drug-likeness (QED) is 0.795. The highest BCUT2D eigenvalue weighted by Crippen LogP contribution is 2.22. The SMILES string of the molecule is CCCCNc1nccc(C(=O)Nc2c(C)cc(C)cc2C)n1. The molecule has 5 heteroatoms. The summed E-state index contributed by atoms with van der Waals surface area (Å²) in [6, 6.07) is 5.74. The van der Waals surface area contributed by atoms with Crippen LogP contribution in [0.1, 0.15) is 46.9 Å². The van der Waals surface area contributed by atoms with Gasteiger partial charge < -0.3 is 10.6 Å². The number of aryl methyl sites for hydroxylation is 3. The van der Waals surface area contributed by atoms with Gasteiger partial charge in [0.25, 0.3) is 5.91 Å². The molecule has 1 aromatic heterocycles. The number of hydrogen-bond acceptors (Lipinski definition) is 4. The third kappa shape index (κ3) is 4.52. The highest BCUT2D eigenvalue weighted by Gasteiger charge is 2.12. The highest BCUT2D eigenvalue weighted by atomic mass is 16.1. The number of rotatable bonds is 6. The van der Waals surface area contributed by atoms with Crippen molar-refractivity contribution in [3.8, 4) is 0 Å². The van der Waals surface area contributed by atoms with Gasteiger partial charge in [0.1, 0.15) is 5.69 Å². The Morgan fingerprint density at radius 1 is 1.17 bits per heavy atom. The molecule has 0 atom stereocenters. The Morgan fingerprint density at radius 2 is 1.87 bits per heavy atom. The average Bonchev–Trinajstić information content (AvgIpc) is 2.51. The molecule has 2 N–H and O–H groups in total. The van der Waals surface area contributed by atoms with Gasteiger partial charge in [-0.25, -0.2) is 9.97 Å². The second-order valence-corrected chi connectivity index (χ2v) is 5.77. The fraction of sp³-hybridized carbons (Fsp3) is 0.389. The van der Waals surface area contributed by atoms with E-state index in [0.717, 1.165) is 36.2 Å². The normalized spacial score (nSPS) is 10.4. The summed E-state index contributed by atoms with van der Waals surface area (Å²) in [6.07, 6.45) is 3.74. The number of nitrogens with zero attached hydrogens (tertiary/aromatic N) is 2. The van der Waals surface area contributed by atoms with Crippen molar-refractivity contribution in [1.82, 2.24) is 9.97 Å². The Morgan fingerprint density at radius 3 is 2.52 bits per heavy atom. The van der Waals surface area contributed by atoms with Crippen LogP contribution in [0.3, 0.4) is 0 Å². The number of amides is 1. The van der Waals surface area contributed by atoms with Crippen LogP contribution >= 0.6 is 0 Å². The first-order chi connectivity index (χ1) is 11.0. The molecule has 2 aromatic rings. The van der Waals surface area contributed by atoms with E-state index in [1.807, 2.05) is 20.8 Å². The Kier molecular flexibility index (Phi) is 5.68. The lowest BCUT2D eigenvalue weighted by Gasteiger charge is -2.13. The van der Waals surface area contributed by atoms with E-state index in [-0.39, 0.29) is 5.91 Å². The zero-order valence-corrected chi connectivity index (χ0v) is 14.2. The predicted molar refractivity (Wildman–Crippen MR) is 94.0 cm³/mol. The zero-order chi connectivity index (χ0) is 16.8. The van der Waals surface area contributed by atoms with Crippen molar-refractivity contribution >= 4 is 17.5 Å². The fourth-order valence-electron chi connectivity index (χ4n) is 2.50. The van der Waals surface area contributed by atoms with Crippen molar-refractivity contribution in [2.75, 3.05) is 17.2 Å². The molecule has 0 fully saturated rings. The molecule has 0 bridgehead atoms. The lowest BCUT2D eigenvalue weighted by atomic mass is 10.1. The molecule has 23 heavy (non-hydrogen) atoms. The Labute approximate surface area is 137 Å². The molecule has 0 aliphatic heterocycles. The van der Waals surface area contributed by atoms with Gasteiger partial charge in [0.2, 0.25) is 5.95 Å². The number of benzene rings is 1. The topological polar surface area (TPSA) is 66.9 Å². The molecular weight excluding hydrogens is 288 g/mol. The van der Waals surface area contributed by atoms with Crippen molar-refractivity contribution < 1.29 is 4.79 Å². The van der Waals surface area contributed by atoms with E-state index in [9.17, 15) is 4.79 Å². The van der Waals surface area contributed by atoms with Crippen LogP contribution in [0.2, 0.25) is 0 Å². The van der Waals surface area contributed by atoms with E-state index in [4.69, 9.17) is 0 Å². The maximum Gasteiger partial charge on any atom is 0.274 e. The minimum absolute atomic E-state index is 0.221. The van der Waals surface area contributed by atoms with Crippen LogP contribution in [0.15, 0.2) is 24.4 Å². The van der Waals surface area contributed by atoms with Crippen molar-refractivity contribution in [2.45, 2.75) is 40.5 Å². The molecule has 122 valence electrons. The monoisotopic (exact) mass is 312 g/mol. The molecule has 5 nitrogen and oxygen atoms in total. The van der Waals surface area contributed by atoms with E-state index < -0.39 is 0 Å². The molecule has 0 aliphatic carbocycles. The largest absolute Gasteiger partial charge is 0.354 e. The summed E-state index contributed by atoms with van der Waals surface area (Å²) in [7, 11) is 0. The number of nitrogens with one attached hydrogen (secondary N) is 2. The Bertz CT molecular complexity index is 674. The van der Waals surface area contributed by atoms with Gasteiger partial charge in [-0.05, 0) is 44.4 Å². The van der Waals surface area contributed by atoms with Crippen LogP contribution in [-0.2, 0) is 0 Å². The number of unbranched alkanes of at least 4 members (excludes halogenated alkanes) is 1. The third-order valence-corrected chi connectivity index (χ3v) is 3.62. The summed E-state index contributed by atoms with van der Waals surface area (Å²) < 4.78 is 0. The number of anilines is 2. The van der Waals surface area contributed by atoms with Gasteiger partial charge >= 0.3 is 0 Å². The predicted octanol–water partition coefficient (Wildman–Crippen LogP) is 3.87. The summed E-state index contributed by atoms with van der Waals surface area (Å²) in [6.45, 7) is 8.96. The van der Waals surface area contributed by atoms with Gasteiger partial charge in [-0.3, -0.25) is 4.79 Å². The number of hydrogen-bond donors (Lipinski definition) is 2. The van der Waals surface area contributed by atoms with E-state index in [1.54, 1.807) is 12.3 Å². The Hall–Kier alpha value is -2.43. The smallest absolute Gasteiger partial charge is 0.274 e. The van der Waals surface area contributed by atoms with Crippen molar-refractivity contribution in [2.24, 2.45) is 0 Å². The average molecular weight is 312 g/mol. The minimum Gasteiger partial charge on any atom is -0.354 e. The lowest BCUT2D eigenvalue weighted by Crippen LogP contribution is -2.17. The summed E-state index contributed by atoms with van der Waals surface area (Å²) in [5.74, 6) is 0.268. The van der Waals surface area contributed by atoms with Crippen LogP contribution in [-0.4, -0.2) is 22.4 Å². The summed E-state index contributed by atoms with van der Waals surface area (Å²) in [4.78, 5) is 20.9. The van der Waals surface area contributed by atoms with Crippen LogP contribution in [0.5, 0.6) is 0 Å². The zero-order valence-electron chi connectivity index (χ0n) is 14.2. The third-order valence-electron chi connectivity index (χ3n) is 3.62. The van der Waals surface area contributed by atoms with Crippen molar-refractivity contribution in [1.29, 1.82) is 0 Å². The van der Waals surface area contributed by atoms with E-state index >= 15 is 0 Å². The van der Waals surface area contributed by atoms with Crippen molar-refractivity contribution in [3.05, 3.63) is 46.8 Å². The number of aromatic nitrogens is 2. The molecule has 0 saturated heterocycles. The number of carbonyl (C=O) groups excluding carboxylic acids is 1. The molecular formula is C18H24N4O. The highest BCUT2D eigenvalue weighted by molar-refractivity contribution is 6.03. The molecule has 1 amide bonds. The standard InChI is InChI=1S/C18H24N4O/c1-5-6-8-19-18-20-9-7-15(21-18)17(23)22-16-13(3)10-12(2)11-14(16)4/h7,9-11H,5-6,8H2,1-4H3,(H,22,23)(H,19,20,21). The summed E-state index contributed by atoms with van der Waals surface area (Å²) >= 11 is 0. The second-order valence-electron chi connectivity index (χ2n) is 5.77. The van der Waals surface area contributed by atoms with E-state index in [2.05, 4.69) is 39.7 Å². The first-order valence-electron chi connectivity index (χ1n) is 7.97. The molecule has 2 rings (SSSR count). The van der Waals surface area contributed by atoms with Crippen molar-refractivity contribution in [3.63, 3.8) is 0 Å². The minimum atomic E-state index is -0.221. The van der Waals surface area contributed by atoms with E-state index in [1.165, 1.54) is 5.56 Å². The second kappa shape index (κ2) is 7.72. The number of carbonyl (C=O) groups is 1. The van der Waals surface area contributed by atoms with Gasteiger partial charge in [-0.15, -0.1) is 0 Å². The van der Waals surface area contributed by atoms with Gasteiger partial charge in [0.15, 0.2) is 0 Å². The van der Waals surface area contributed by atoms with Gasteiger partial charge in [0.05, 0.1) is 0 Å². The van der Waals surface area contributed by atoms with Crippen LogP contribution in [0.25, 0.3) is 0 Å². The summed E-state index contributed by atoms with van der Waals surface area (Å²) in [5, 5.41) is 6.09. The van der Waals surface area contributed by atoms with Gasteiger partial charge in [-0.2, -0.15) is 0 Å². The lowest BCUT2D eigenvalue weighted by molar-refractivity contribution is 0.102. The Balaban J connectivity index is 2.13. The maximum absolute atomic E-state index is 12.5. The van der Waals surface area contributed by atoms with Crippen LogP contribution < -0.4 is 10.6 Å². The fourth-order valence-corrected chi connectivity index (χ4v) is 2.50. The maximum atomic E-state index is 12.5. The van der Waals surface area contributed by atoms with E-state index in [0.29, 0.717) is 11.6 Å². The molecule has 0 saturated carbocycles. The van der Waals surface area contributed by atoms with Crippen LogP contribution in [0.4, 0.5) is 11.6 Å². The molecule has 0 unspecified atom stereocenters. The molecule has 0 radical (unpaired) electrons. The summed E-state index contributed by atoms with van der Waals surface area (Å²) in [5.41, 5.74) is 4.48. The first kappa shape index (κ1) is 16.9. The van der Waals surface area contributed by atoms with Gasteiger partial charge in [-0.1, -0.05) is 31.0 Å².